The molecule has 0 radical (unpaired) electrons. The van der Waals surface area contributed by atoms with E-state index in [-0.39, 0.29) is 5.41 Å². The Bertz CT molecular complexity index is 3180. The van der Waals surface area contributed by atoms with Crippen LogP contribution in [0.15, 0.2) is 194 Å². The van der Waals surface area contributed by atoms with Crippen LogP contribution in [0.3, 0.4) is 0 Å². The molecule has 0 fully saturated rings. The zero-order valence-corrected chi connectivity index (χ0v) is 32.3. The summed E-state index contributed by atoms with van der Waals surface area (Å²) in [5, 5.41) is 2.40. The van der Waals surface area contributed by atoms with Gasteiger partial charge < -0.3 is 4.57 Å². The predicted octanol–water partition coefficient (Wildman–Crippen LogP) is 13.6. The van der Waals surface area contributed by atoms with Gasteiger partial charge >= 0.3 is 0 Å². The fourth-order valence-electron chi connectivity index (χ4n) is 8.89. The molecule has 10 aromatic rings. The SMILES string of the molecule is CC1(C)c2ccccc2-c2ccc(-n3c4ccccc4c4ccc(-c5nc(-c6ccccc6)nc(-c6ccc(-c7cccc(-c8ccccc8)c7)cc6)n5)cc43)cc21. The number of benzene rings is 8. The molecule has 11 rings (SSSR count). The molecule has 0 aliphatic heterocycles. The monoisotopic (exact) mass is 742 g/mol. The molecule has 1 aliphatic carbocycles. The van der Waals surface area contributed by atoms with Crippen LogP contribution in [-0.4, -0.2) is 19.5 Å². The second-order valence-corrected chi connectivity index (χ2v) is 15.7. The Morgan fingerprint density at radius 2 is 0.862 bits per heavy atom. The maximum absolute atomic E-state index is 5.18. The third-order valence-corrected chi connectivity index (χ3v) is 11.9. The lowest BCUT2D eigenvalue weighted by molar-refractivity contribution is 0.660. The summed E-state index contributed by atoms with van der Waals surface area (Å²) in [5.41, 5.74) is 16.2. The van der Waals surface area contributed by atoms with Gasteiger partial charge in [-0.05, 0) is 74.8 Å². The van der Waals surface area contributed by atoms with E-state index >= 15 is 0 Å². The Hall–Kier alpha value is -7.43. The van der Waals surface area contributed by atoms with Crippen molar-refractivity contribution in [3.63, 3.8) is 0 Å². The quantitative estimate of drug-likeness (QED) is 0.170. The molecule has 0 N–H and O–H groups in total. The zero-order chi connectivity index (χ0) is 38.8. The summed E-state index contributed by atoms with van der Waals surface area (Å²) in [7, 11) is 0. The minimum atomic E-state index is -0.106. The maximum atomic E-state index is 5.18. The second kappa shape index (κ2) is 13.4. The van der Waals surface area contributed by atoms with Crippen LogP contribution in [0.1, 0.15) is 25.0 Å². The van der Waals surface area contributed by atoms with Crippen molar-refractivity contribution in [2.45, 2.75) is 19.3 Å². The molecule has 2 heterocycles. The lowest BCUT2D eigenvalue weighted by atomic mass is 9.82. The average Bonchev–Trinajstić information content (AvgIpc) is 3.74. The summed E-state index contributed by atoms with van der Waals surface area (Å²) >= 11 is 0. The molecule has 1 aliphatic rings. The van der Waals surface area contributed by atoms with Gasteiger partial charge in [0.1, 0.15) is 0 Å². The topological polar surface area (TPSA) is 43.6 Å². The summed E-state index contributed by atoms with van der Waals surface area (Å²) in [5.74, 6) is 1.91. The number of nitrogens with zero attached hydrogens (tertiary/aromatic N) is 4. The molecule has 0 atom stereocenters. The first kappa shape index (κ1) is 33.9. The Labute approximate surface area is 337 Å². The lowest BCUT2D eigenvalue weighted by Crippen LogP contribution is -2.15. The standard InChI is InChI=1S/C54H38N4/c1-54(2)47-22-11-9-20-43(47)44-31-29-42(34-48(44)54)58-49-23-12-10-21-45(49)46-30-28-41(33-50(46)58)53-56-51(37-16-7-4-8-17-37)55-52(57-53)38-26-24-36(25-27-38)40-19-13-18-39(32-40)35-14-5-3-6-15-35/h3-34H,1-2H3. The summed E-state index contributed by atoms with van der Waals surface area (Å²) < 4.78 is 2.40. The highest BCUT2D eigenvalue weighted by Crippen LogP contribution is 2.49. The van der Waals surface area contributed by atoms with Crippen molar-refractivity contribution >= 4 is 21.8 Å². The van der Waals surface area contributed by atoms with Crippen LogP contribution in [0.25, 0.3) is 95.0 Å². The van der Waals surface area contributed by atoms with E-state index in [9.17, 15) is 0 Å². The highest BCUT2D eigenvalue weighted by molar-refractivity contribution is 6.10. The van der Waals surface area contributed by atoms with Crippen LogP contribution < -0.4 is 0 Å². The Morgan fingerprint density at radius 3 is 1.60 bits per heavy atom. The van der Waals surface area contributed by atoms with Gasteiger partial charge in [0, 0.05) is 38.6 Å². The smallest absolute Gasteiger partial charge is 0.164 e. The summed E-state index contributed by atoms with van der Waals surface area (Å²) in [6.07, 6.45) is 0. The molecule has 0 bridgehead atoms. The van der Waals surface area contributed by atoms with Gasteiger partial charge in [-0.2, -0.15) is 0 Å². The molecule has 0 unspecified atom stereocenters. The van der Waals surface area contributed by atoms with Crippen LogP contribution in [0.4, 0.5) is 0 Å². The van der Waals surface area contributed by atoms with Crippen LogP contribution in [0.2, 0.25) is 0 Å². The van der Waals surface area contributed by atoms with E-state index in [2.05, 4.69) is 194 Å². The number of para-hydroxylation sites is 1. The number of rotatable bonds is 6. The molecule has 4 heteroatoms. The fourth-order valence-corrected chi connectivity index (χ4v) is 8.89. The molecule has 4 nitrogen and oxygen atoms in total. The highest BCUT2D eigenvalue weighted by atomic mass is 15.0. The van der Waals surface area contributed by atoms with E-state index in [1.165, 1.54) is 49.7 Å². The third kappa shape index (κ3) is 5.56. The minimum Gasteiger partial charge on any atom is -0.309 e. The zero-order valence-electron chi connectivity index (χ0n) is 32.3. The average molecular weight is 743 g/mol. The van der Waals surface area contributed by atoms with E-state index in [1.54, 1.807) is 0 Å². The van der Waals surface area contributed by atoms with E-state index in [0.29, 0.717) is 17.5 Å². The second-order valence-electron chi connectivity index (χ2n) is 15.7. The normalized spacial score (nSPS) is 12.8. The lowest BCUT2D eigenvalue weighted by Gasteiger charge is -2.22. The van der Waals surface area contributed by atoms with Gasteiger partial charge in [0.15, 0.2) is 17.5 Å². The molecule has 0 spiro atoms. The molecule has 8 aromatic carbocycles. The molecule has 58 heavy (non-hydrogen) atoms. The van der Waals surface area contributed by atoms with Gasteiger partial charge in [0.05, 0.1) is 11.0 Å². The van der Waals surface area contributed by atoms with Gasteiger partial charge in [0.2, 0.25) is 0 Å². The summed E-state index contributed by atoms with van der Waals surface area (Å²) in [6.45, 7) is 4.68. The number of aromatic nitrogens is 4. The molecule has 0 saturated heterocycles. The largest absolute Gasteiger partial charge is 0.309 e. The number of hydrogen-bond donors (Lipinski definition) is 0. The molecule has 0 saturated carbocycles. The van der Waals surface area contributed by atoms with Crippen molar-refractivity contribution in [1.29, 1.82) is 0 Å². The minimum absolute atomic E-state index is 0.106. The van der Waals surface area contributed by atoms with Gasteiger partial charge in [0.25, 0.3) is 0 Å². The molecule has 2 aromatic heterocycles. The van der Waals surface area contributed by atoms with Crippen LogP contribution in [0.5, 0.6) is 0 Å². The Kier molecular flexibility index (Phi) is 7.80. The van der Waals surface area contributed by atoms with Crippen molar-refractivity contribution in [2.75, 3.05) is 0 Å². The van der Waals surface area contributed by atoms with Crippen LogP contribution >= 0.6 is 0 Å². The fraction of sp³-hybridized carbons (Fsp3) is 0.0556. The predicted molar refractivity (Wildman–Crippen MR) is 239 cm³/mol. The molecule has 274 valence electrons. The third-order valence-electron chi connectivity index (χ3n) is 11.9. The van der Waals surface area contributed by atoms with Crippen molar-refractivity contribution < 1.29 is 0 Å². The van der Waals surface area contributed by atoms with Crippen molar-refractivity contribution in [3.8, 4) is 73.2 Å². The molecule has 0 amide bonds. The summed E-state index contributed by atoms with van der Waals surface area (Å²) in [6, 6.07) is 69.0. The maximum Gasteiger partial charge on any atom is 0.164 e. The van der Waals surface area contributed by atoms with Gasteiger partial charge in [-0.3, -0.25) is 0 Å². The summed E-state index contributed by atoms with van der Waals surface area (Å²) in [4.78, 5) is 15.4. The van der Waals surface area contributed by atoms with Gasteiger partial charge in [-0.1, -0.05) is 178 Å². The van der Waals surface area contributed by atoms with Gasteiger partial charge in [-0.25, -0.2) is 15.0 Å². The first-order valence-corrected chi connectivity index (χ1v) is 19.9. The number of fused-ring (bicyclic) bond motifs is 6. The van der Waals surface area contributed by atoms with Gasteiger partial charge in [-0.15, -0.1) is 0 Å². The first-order chi connectivity index (χ1) is 28.5. The van der Waals surface area contributed by atoms with E-state index in [4.69, 9.17) is 15.0 Å². The van der Waals surface area contributed by atoms with E-state index in [1.807, 2.05) is 18.2 Å². The van der Waals surface area contributed by atoms with E-state index < -0.39 is 0 Å². The van der Waals surface area contributed by atoms with Crippen molar-refractivity contribution in [3.05, 3.63) is 205 Å². The van der Waals surface area contributed by atoms with Crippen LogP contribution in [0, 0.1) is 0 Å². The molecular weight excluding hydrogens is 705 g/mol. The van der Waals surface area contributed by atoms with Crippen LogP contribution in [-0.2, 0) is 5.41 Å². The van der Waals surface area contributed by atoms with Crippen molar-refractivity contribution in [1.82, 2.24) is 19.5 Å². The van der Waals surface area contributed by atoms with E-state index in [0.717, 1.165) is 39.0 Å². The highest BCUT2D eigenvalue weighted by Gasteiger charge is 2.35. The first-order valence-electron chi connectivity index (χ1n) is 19.9. The Morgan fingerprint density at radius 1 is 0.345 bits per heavy atom. The Balaban J connectivity index is 1.03. The molecular formula is C54H38N4. The number of hydrogen-bond acceptors (Lipinski definition) is 3. The van der Waals surface area contributed by atoms with Crippen molar-refractivity contribution in [2.24, 2.45) is 0 Å².